The second-order valence-electron chi connectivity index (χ2n) is 9.03. The minimum atomic E-state index is -4.06. The highest BCUT2D eigenvalue weighted by Crippen LogP contribution is 2.41. The molecule has 0 saturated carbocycles. The number of aromatic nitrogens is 1. The van der Waals surface area contributed by atoms with Gasteiger partial charge in [0.25, 0.3) is 12.3 Å². The van der Waals surface area contributed by atoms with Gasteiger partial charge in [-0.2, -0.15) is 21.9 Å². The Kier molecular flexibility index (Phi) is 8.99. The summed E-state index contributed by atoms with van der Waals surface area (Å²) < 4.78 is 67.2. The first kappa shape index (κ1) is 30.2. The number of carbonyl (C=O) groups is 2. The Hall–Kier alpha value is -3.30. The van der Waals surface area contributed by atoms with E-state index < -0.39 is 40.3 Å². The second-order valence-corrected chi connectivity index (χ2v) is 12.6. The zero-order chi connectivity index (χ0) is 30.0. The molecule has 42 heavy (non-hydrogen) atoms. The molecule has 5 rings (SSSR count). The van der Waals surface area contributed by atoms with Gasteiger partial charge in [0.05, 0.1) is 28.4 Å². The number of amides is 1. The molecule has 0 spiro atoms. The fourth-order valence-electron chi connectivity index (χ4n) is 3.86. The number of nitrogens with one attached hydrogen (secondary N) is 1. The first-order valence-electron chi connectivity index (χ1n) is 12.2. The second kappa shape index (κ2) is 12.5. The van der Waals surface area contributed by atoms with E-state index in [4.69, 9.17) is 32.7 Å². The van der Waals surface area contributed by atoms with E-state index in [9.17, 15) is 26.8 Å². The van der Waals surface area contributed by atoms with E-state index in [1.54, 1.807) is 11.8 Å². The largest absolute Gasteiger partial charge is 0.486 e. The molecule has 16 heteroatoms. The Bertz CT molecular complexity index is 1650. The van der Waals surface area contributed by atoms with Crippen LogP contribution >= 0.6 is 35.0 Å². The number of anilines is 1. The lowest BCUT2D eigenvalue weighted by Gasteiger charge is -2.26. The van der Waals surface area contributed by atoms with Crippen molar-refractivity contribution in [3.8, 4) is 17.4 Å². The summed E-state index contributed by atoms with van der Waals surface area (Å²) in [4.78, 5) is 28.0. The van der Waals surface area contributed by atoms with Gasteiger partial charge in [-0.25, -0.2) is 26.9 Å². The van der Waals surface area contributed by atoms with Gasteiger partial charge in [0, 0.05) is 23.6 Å². The third-order valence-electron chi connectivity index (χ3n) is 5.98. The summed E-state index contributed by atoms with van der Waals surface area (Å²) in [5, 5.41) is 3.74. The van der Waals surface area contributed by atoms with Gasteiger partial charge in [0.1, 0.15) is 11.5 Å². The number of hydrogen-bond acceptors (Lipinski definition) is 9. The monoisotopic (exact) mass is 656 g/mol. The number of hydrogen-bond donors (Lipinski definition) is 1. The van der Waals surface area contributed by atoms with Crippen LogP contribution in [-0.2, 0) is 26.2 Å². The molecular weight excluding hydrogens is 637 g/mol. The van der Waals surface area contributed by atoms with Crippen molar-refractivity contribution in [1.82, 2.24) is 9.71 Å². The van der Waals surface area contributed by atoms with Crippen molar-refractivity contribution in [3.63, 3.8) is 0 Å². The van der Waals surface area contributed by atoms with Gasteiger partial charge in [0.15, 0.2) is 23.0 Å². The lowest BCUT2D eigenvalue weighted by molar-refractivity contribution is -0.124. The number of ether oxygens (including phenoxy) is 2. The van der Waals surface area contributed by atoms with E-state index in [2.05, 4.69) is 14.8 Å². The molecule has 220 valence electrons. The van der Waals surface area contributed by atoms with Crippen molar-refractivity contribution in [1.29, 1.82) is 0 Å². The molecule has 0 radical (unpaired) electrons. The van der Waals surface area contributed by atoms with Crippen molar-refractivity contribution in [3.05, 3.63) is 70.3 Å². The topological polar surface area (TPSA) is 127 Å². The van der Waals surface area contributed by atoms with E-state index >= 15 is 0 Å². The molecule has 3 aromatic rings. The predicted octanol–water partition coefficient (Wildman–Crippen LogP) is 5.08. The molecule has 3 heterocycles. The zero-order valence-electron chi connectivity index (χ0n) is 21.3. The van der Waals surface area contributed by atoms with E-state index in [-0.39, 0.29) is 50.7 Å². The Morgan fingerprint density at radius 2 is 1.79 bits per heavy atom. The highest BCUT2D eigenvalue weighted by molar-refractivity contribution is 8.01. The van der Waals surface area contributed by atoms with Crippen molar-refractivity contribution in [2.75, 3.05) is 16.5 Å². The van der Waals surface area contributed by atoms with Crippen LogP contribution in [0.4, 0.5) is 14.5 Å². The summed E-state index contributed by atoms with van der Waals surface area (Å²) in [6, 6.07) is 12.4. The Morgan fingerprint density at radius 3 is 2.40 bits per heavy atom. The number of hydrazone groups is 1. The summed E-state index contributed by atoms with van der Waals surface area (Å²) in [5.41, 5.74) is -0.343. The average molecular weight is 658 g/mol. The summed E-state index contributed by atoms with van der Waals surface area (Å²) in [7, 11) is -4.06. The third-order valence-corrected chi connectivity index (χ3v) is 9.35. The summed E-state index contributed by atoms with van der Waals surface area (Å²) in [6.45, 7) is 0.0835. The van der Waals surface area contributed by atoms with Crippen molar-refractivity contribution < 1.29 is 36.3 Å². The number of sulfonamides is 1. The third kappa shape index (κ3) is 6.68. The van der Waals surface area contributed by atoms with Crippen molar-refractivity contribution >= 4 is 68.1 Å². The molecule has 2 aliphatic rings. The molecule has 0 aliphatic carbocycles. The van der Waals surface area contributed by atoms with E-state index in [0.29, 0.717) is 16.5 Å². The number of benzene rings is 2. The maximum atomic E-state index is 13.3. The Morgan fingerprint density at radius 1 is 1.10 bits per heavy atom. The molecule has 1 amide bonds. The van der Waals surface area contributed by atoms with Gasteiger partial charge in [-0.05, 0) is 17.7 Å². The fourth-order valence-corrected chi connectivity index (χ4v) is 6.63. The molecule has 0 atom stereocenters. The normalized spacial score (nSPS) is 15.9. The summed E-state index contributed by atoms with van der Waals surface area (Å²) >= 11 is 14.3. The average Bonchev–Trinajstić information content (AvgIpc) is 2.92. The number of halogens is 4. The highest BCUT2D eigenvalue weighted by atomic mass is 35.5. The van der Waals surface area contributed by atoms with Crippen LogP contribution in [0.2, 0.25) is 10.0 Å². The van der Waals surface area contributed by atoms with Crippen molar-refractivity contribution in [2.24, 2.45) is 5.10 Å². The van der Waals surface area contributed by atoms with Gasteiger partial charge >= 0.3 is 0 Å². The molecular formula is C26H20Cl2F2N4O6S2. The minimum Gasteiger partial charge on any atom is -0.486 e. The molecule has 1 saturated heterocycles. The first-order chi connectivity index (χ1) is 20.0. The van der Waals surface area contributed by atoms with Crippen LogP contribution in [0, 0.1) is 0 Å². The maximum Gasteiger partial charge on any atom is 0.285 e. The molecule has 0 unspecified atom stereocenters. The number of alkyl halides is 2. The fraction of sp³-hybridized carbons (Fsp3) is 0.231. The lowest BCUT2D eigenvalue weighted by Crippen LogP contribution is -2.43. The number of pyridine rings is 1. The van der Waals surface area contributed by atoms with Crippen LogP contribution in [0.1, 0.15) is 12.0 Å². The van der Waals surface area contributed by atoms with Gasteiger partial charge in [-0.1, -0.05) is 53.5 Å². The van der Waals surface area contributed by atoms with Crippen LogP contribution in [0.5, 0.6) is 17.4 Å². The number of carbonyl (C=O) groups excluding carboxylic acids is 2. The number of thioether (sulfide) groups is 1. The Labute approximate surface area is 253 Å². The predicted molar refractivity (Wildman–Crippen MR) is 154 cm³/mol. The first-order valence-corrected chi connectivity index (χ1v) is 15.6. The number of Topliss-reactive ketones (excluding diaryl/α,β-unsaturated/α-hetero) is 1. The minimum absolute atomic E-state index is 0.0101. The van der Waals surface area contributed by atoms with Gasteiger partial charge in [-0.15, -0.1) is 0 Å². The van der Waals surface area contributed by atoms with Gasteiger partial charge in [-0.3, -0.25) is 9.59 Å². The van der Waals surface area contributed by atoms with Crippen LogP contribution in [-0.4, -0.2) is 54.8 Å². The van der Waals surface area contributed by atoms with E-state index in [1.165, 1.54) is 18.3 Å². The maximum absolute atomic E-state index is 13.3. The van der Waals surface area contributed by atoms with Crippen LogP contribution in [0.3, 0.4) is 0 Å². The quantitative estimate of drug-likeness (QED) is 0.299. The summed E-state index contributed by atoms with van der Waals surface area (Å²) in [5.74, 6) is -1.04. The molecule has 10 nitrogen and oxygen atoms in total. The smallest absolute Gasteiger partial charge is 0.285 e. The number of ketones is 1. The highest BCUT2D eigenvalue weighted by Gasteiger charge is 2.34. The molecule has 0 bridgehead atoms. The van der Waals surface area contributed by atoms with Crippen molar-refractivity contribution in [2.45, 2.75) is 30.4 Å². The molecule has 1 fully saturated rings. The lowest BCUT2D eigenvalue weighted by atomic mass is 10.1. The standard InChI is InChI=1S/C26H20Cl2F2N4O6S2/c27-17-6-16(34-23(36)8-19(35)24(32-34)26(29)30)7-18(28)25(17)40-22-9-21(42(37,38)33-15-12-41-13-15)20(10-31-22)39-11-14-4-2-1-3-5-14/h1-7,9-10,15,26,33H,8,11-13H2. The molecule has 1 aromatic heterocycles. The molecule has 2 aliphatic heterocycles. The summed E-state index contributed by atoms with van der Waals surface area (Å²) in [6.07, 6.45) is -2.79. The van der Waals surface area contributed by atoms with E-state index in [0.717, 1.165) is 11.6 Å². The van der Waals surface area contributed by atoms with Crippen LogP contribution in [0.15, 0.2) is 64.7 Å². The van der Waals surface area contributed by atoms with Crippen LogP contribution < -0.4 is 19.2 Å². The van der Waals surface area contributed by atoms with Crippen LogP contribution in [0.25, 0.3) is 0 Å². The van der Waals surface area contributed by atoms with E-state index in [1.807, 2.05) is 30.3 Å². The molecule has 1 N–H and O–H groups in total. The molecule has 2 aromatic carbocycles. The Balaban J connectivity index is 1.44. The van der Waals surface area contributed by atoms with Gasteiger partial charge in [0.2, 0.25) is 15.9 Å². The SMILES string of the molecule is O=C1CC(=O)N(c2cc(Cl)c(Oc3cc(S(=O)(=O)NC4CSC4)c(OCc4ccccc4)cn3)c(Cl)c2)N=C1C(F)F. The number of rotatable bonds is 10. The number of nitrogens with zero attached hydrogens (tertiary/aromatic N) is 3. The zero-order valence-corrected chi connectivity index (χ0v) is 24.4. The van der Waals surface area contributed by atoms with Gasteiger partial charge < -0.3 is 9.47 Å².